The van der Waals surface area contributed by atoms with Gasteiger partial charge in [0.05, 0.1) is 16.7 Å². The van der Waals surface area contributed by atoms with Gasteiger partial charge in [0.15, 0.2) is 5.76 Å². The van der Waals surface area contributed by atoms with Gasteiger partial charge < -0.3 is 19.2 Å². The Labute approximate surface area is 222 Å². The molecule has 0 saturated carbocycles. The van der Waals surface area contributed by atoms with Crippen LogP contribution in [0.4, 0.5) is 11.4 Å². The highest BCUT2D eigenvalue weighted by molar-refractivity contribution is 6.31. The van der Waals surface area contributed by atoms with Crippen molar-refractivity contribution in [3.05, 3.63) is 123 Å². The van der Waals surface area contributed by atoms with Crippen molar-refractivity contribution in [2.75, 3.05) is 5.32 Å². The molecular formula is C29H21ClN2O6. The summed E-state index contributed by atoms with van der Waals surface area (Å²) in [5.74, 6) is 1.21. The Kier molecular flexibility index (Phi) is 6.97. The zero-order valence-corrected chi connectivity index (χ0v) is 20.9. The summed E-state index contributed by atoms with van der Waals surface area (Å²) in [5.41, 5.74) is 0.726. The number of halogens is 1. The molecule has 0 aliphatic heterocycles. The average Bonchev–Trinajstić information content (AvgIpc) is 3.39. The lowest BCUT2D eigenvalue weighted by molar-refractivity contribution is -0.384. The quantitative estimate of drug-likeness (QED) is 0.162. The lowest BCUT2D eigenvalue weighted by atomic mass is 10.1. The van der Waals surface area contributed by atoms with Gasteiger partial charge in [0.25, 0.3) is 11.6 Å². The van der Waals surface area contributed by atoms with Gasteiger partial charge in [-0.2, -0.15) is 0 Å². The number of anilines is 1. The molecule has 5 rings (SSSR count). The van der Waals surface area contributed by atoms with Crippen LogP contribution in [-0.2, 0) is 6.61 Å². The minimum Gasteiger partial charge on any atom is -0.486 e. The molecule has 0 unspecified atom stereocenters. The number of nitro benzene ring substituents is 1. The van der Waals surface area contributed by atoms with Gasteiger partial charge in [-0.1, -0.05) is 41.9 Å². The zero-order valence-electron chi connectivity index (χ0n) is 20.1. The van der Waals surface area contributed by atoms with Crippen molar-refractivity contribution in [1.29, 1.82) is 0 Å². The van der Waals surface area contributed by atoms with Gasteiger partial charge in [0.2, 0.25) is 0 Å². The number of carbonyl (C=O) groups excluding carboxylic acids is 1. The van der Waals surface area contributed by atoms with Crippen LogP contribution in [0.5, 0.6) is 17.2 Å². The number of benzene rings is 4. The second kappa shape index (κ2) is 10.7. The molecule has 0 atom stereocenters. The third kappa shape index (κ3) is 5.77. The molecule has 0 saturated heterocycles. The second-order valence-electron chi connectivity index (χ2n) is 8.50. The molecule has 0 aliphatic carbocycles. The van der Waals surface area contributed by atoms with Gasteiger partial charge >= 0.3 is 0 Å². The topological polar surface area (TPSA) is 104 Å². The van der Waals surface area contributed by atoms with Crippen LogP contribution in [0.3, 0.4) is 0 Å². The zero-order chi connectivity index (χ0) is 26.6. The molecule has 0 aliphatic rings. The van der Waals surface area contributed by atoms with E-state index in [4.69, 9.17) is 25.5 Å². The standard InChI is InChI=1S/C29H21ClN2O6/c1-18-12-24(8-10-27(18)30)37-26-15-21(14-22(16-26)32(34)35)31-29(33)28-11-9-25(38-28)17-36-23-7-6-19-4-2-3-5-20(19)13-23/h2-16H,17H2,1H3,(H,31,33). The minimum absolute atomic E-state index is 0.0319. The summed E-state index contributed by atoms with van der Waals surface area (Å²) in [6.07, 6.45) is 0. The third-order valence-electron chi connectivity index (χ3n) is 5.71. The normalized spacial score (nSPS) is 10.8. The van der Waals surface area contributed by atoms with Crippen molar-refractivity contribution in [3.63, 3.8) is 0 Å². The Morgan fingerprint density at radius 3 is 2.50 bits per heavy atom. The van der Waals surface area contributed by atoms with Crippen molar-refractivity contribution in [3.8, 4) is 17.2 Å². The van der Waals surface area contributed by atoms with Crippen molar-refractivity contribution in [2.45, 2.75) is 13.5 Å². The first-order valence-corrected chi connectivity index (χ1v) is 12.0. The summed E-state index contributed by atoms with van der Waals surface area (Å²) < 4.78 is 17.2. The summed E-state index contributed by atoms with van der Waals surface area (Å²) >= 11 is 6.06. The molecule has 1 heterocycles. The van der Waals surface area contributed by atoms with E-state index in [-0.39, 0.29) is 29.5 Å². The molecule has 1 amide bonds. The lowest BCUT2D eigenvalue weighted by Crippen LogP contribution is -2.11. The van der Waals surface area contributed by atoms with Crippen LogP contribution in [0.2, 0.25) is 5.02 Å². The van der Waals surface area contributed by atoms with E-state index < -0.39 is 10.8 Å². The fraction of sp³-hybridized carbons (Fsp3) is 0.0690. The van der Waals surface area contributed by atoms with Gasteiger partial charge in [-0.25, -0.2) is 0 Å². The van der Waals surface area contributed by atoms with Gasteiger partial charge in [0, 0.05) is 17.2 Å². The predicted octanol–water partition coefficient (Wildman–Crippen LogP) is 7.93. The van der Waals surface area contributed by atoms with E-state index in [1.165, 1.54) is 24.3 Å². The van der Waals surface area contributed by atoms with Gasteiger partial charge in [-0.15, -0.1) is 0 Å². The Morgan fingerprint density at radius 1 is 0.921 bits per heavy atom. The SMILES string of the molecule is Cc1cc(Oc2cc(NC(=O)c3ccc(COc4ccc5ccccc5c4)o3)cc([N+](=O)[O-])c2)ccc1Cl. The smallest absolute Gasteiger partial charge is 0.291 e. The number of nitrogens with zero attached hydrogens (tertiary/aromatic N) is 1. The van der Waals surface area contributed by atoms with Gasteiger partial charge in [-0.05, 0) is 65.7 Å². The number of non-ortho nitro benzene ring substituents is 1. The van der Waals surface area contributed by atoms with Crippen molar-refractivity contribution >= 4 is 39.7 Å². The number of rotatable bonds is 8. The fourth-order valence-corrected chi connectivity index (χ4v) is 3.94. The molecule has 8 nitrogen and oxygen atoms in total. The van der Waals surface area contributed by atoms with Crippen LogP contribution in [0.15, 0.2) is 95.4 Å². The van der Waals surface area contributed by atoms with Gasteiger partial charge in [0.1, 0.15) is 29.6 Å². The van der Waals surface area contributed by atoms with Crippen molar-refractivity contribution < 1.29 is 23.6 Å². The highest BCUT2D eigenvalue weighted by Crippen LogP contribution is 2.31. The van der Waals surface area contributed by atoms with Crippen LogP contribution in [0.1, 0.15) is 21.9 Å². The summed E-state index contributed by atoms with van der Waals surface area (Å²) in [5, 5.41) is 16.8. The van der Waals surface area contributed by atoms with Crippen LogP contribution in [-0.4, -0.2) is 10.8 Å². The molecule has 0 bridgehead atoms. The number of hydrogen-bond donors (Lipinski definition) is 1. The third-order valence-corrected chi connectivity index (χ3v) is 6.14. The van der Waals surface area contributed by atoms with Crippen LogP contribution in [0, 0.1) is 17.0 Å². The van der Waals surface area contributed by atoms with E-state index in [0.717, 1.165) is 16.3 Å². The van der Waals surface area contributed by atoms with E-state index >= 15 is 0 Å². The van der Waals surface area contributed by atoms with Crippen molar-refractivity contribution in [2.24, 2.45) is 0 Å². The molecule has 0 radical (unpaired) electrons. The fourth-order valence-electron chi connectivity index (χ4n) is 3.82. The van der Waals surface area contributed by atoms with E-state index in [2.05, 4.69) is 5.32 Å². The number of furan rings is 1. The minimum atomic E-state index is -0.573. The number of ether oxygens (including phenoxy) is 2. The molecule has 9 heteroatoms. The summed E-state index contributed by atoms with van der Waals surface area (Å²) in [4.78, 5) is 23.7. The maximum atomic E-state index is 12.8. The number of aryl methyl sites for hydroxylation is 1. The number of nitrogens with one attached hydrogen (secondary N) is 1. The highest BCUT2D eigenvalue weighted by atomic mass is 35.5. The summed E-state index contributed by atoms with van der Waals surface area (Å²) in [7, 11) is 0. The number of amides is 1. The Hall–Kier alpha value is -4.82. The number of fused-ring (bicyclic) bond motifs is 1. The summed E-state index contributed by atoms with van der Waals surface area (Å²) in [6.45, 7) is 1.94. The summed E-state index contributed by atoms with van der Waals surface area (Å²) in [6, 6.07) is 25.9. The second-order valence-corrected chi connectivity index (χ2v) is 8.91. The van der Waals surface area contributed by atoms with E-state index in [1.54, 1.807) is 24.3 Å². The van der Waals surface area contributed by atoms with E-state index in [0.29, 0.717) is 22.3 Å². The highest BCUT2D eigenvalue weighted by Gasteiger charge is 2.17. The van der Waals surface area contributed by atoms with Gasteiger partial charge in [-0.3, -0.25) is 14.9 Å². The Morgan fingerprint density at radius 2 is 1.71 bits per heavy atom. The molecule has 1 aromatic heterocycles. The molecular weight excluding hydrogens is 508 g/mol. The molecule has 190 valence electrons. The monoisotopic (exact) mass is 528 g/mol. The molecule has 4 aromatic carbocycles. The van der Waals surface area contributed by atoms with Crippen LogP contribution < -0.4 is 14.8 Å². The maximum absolute atomic E-state index is 12.8. The average molecular weight is 529 g/mol. The predicted molar refractivity (Wildman–Crippen MR) is 144 cm³/mol. The Bertz CT molecular complexity index is 1660. The maximum Gasteiger partial charge on any atom is 0.291 e. The first-order chi connectivity index (χ1) is 18.3. The largest absolute Gasteiger partial charge is 0.486 e. The molecule has 38 heavy (non-hydrogen) atoms. The van der Waals surface area contributed by atoms with Crippen molar-refractivity contribution in [1.82, 2.24) is 0 Å². The first-order valence-electron chi connectivity index (χ1n) is 11.6. The molecule has 0 spiro atoms. The van der Waals surface area contributed by atoms with Crippen LogP contribution >= 0.6 is 11.6 Å². The molecule has 1 N–H and O–H groups in total. The lowest BCUT2D eigenvalue weighted by Gasteiger charge is -2.10. The number of nitro groups is 1. The van der Waals surface area contributed by atoms with E-state index in [1.807, 2.05) is 49.4 Å². The molecule has 5 aromatic rings. The number of hydrogen-bond acceptors (Lipinski definition) is 6. The van der Waals surface area contributed by atoms with Crippen LogP contribution in [0.25, 0.3) is 10.8 Å². The van der Waals surface area contributed by atoms with E-state index in [9.17, 15) is 14.9 Å². The first kappa shape index (κ1) is 24.9. The Balaban J connectivity index is 1.27. The number of carbonyl (C=O) groups is 1. The molecule has 0 fully saturated rings.